The van der Waals surface area contributed by atoms with Crippen molar-refractivity contribution in [1.82, 2.24) is 0 Å². The van der Waals surface area contributed by atoms with E-state index in [0.29, 0.717) is 23.5 Å². The number of aryl methyl sites for hydroxylation is 1. The van der Waals surface area contributed by atoms with Crippen LogP contribution in [0.25, 0.3) is 0 Å². The first kappa shape index (κ1) is 15.9. The number of carboxylic acid groups (broad SMARTS) is 1. The van der Waals surface area contributed by atoms with Crippen molar-refractivity contribution in [1.29, 1.82) is 0 Å². The summed E-state index contributed by atoms with van der Waals surface area (Å²) >= 11 is 0. The maximum Gasteiger partial charge on any atom is 0.339 e. The molecule has 1 aromatic rings. The molecule has 0 radical (unpaired) electrons. The molecule has 4 rings (SSSR count). The molecular formula is C20H26O4. The Bertz CT molecular complexity index is 682. The van der Waals surface area contributed by atoms with Gasteiger partial charge in [0, 0.05) is 0 Å². The molecule has 3 aliphatic rings. The molecule has 0 saturated heterocycles. The maximum atomic E-state index is 11.5. The van der Waals surface area contributed by atoms with Crippen LogP contribution in [0, 0.1) is 17.3 Å². The molecule has 1 aromatic carbocycles. The molecular weight excluding hydrogens is 304 g/mol. The van der Waals surface area contributed by atoms with Crippen LogP contribution in [0.1, 0.15) is 66.4 Å². The highest BCUT2D eigenvalue weighted by Gasteiger charge is 2.54. The van der Waals surface area contributed by atoms with Gasteiger partial charge in [0.05, 0.1) is 13.2 Å². The van der Waals surface area contributed by atoms with E-state index in [1.165, 1.54) is 11.1 Å². The zero-order chi connectivity index (χ0) is 17.1. The van der Waals surface area contributed by atoms with E-state index in [0.717, 1.165) is 38.5 Å². The van der Waals surface area contributed by atoms with Crippen molar-refractivity contribution >= 4 is 5.97 Å². The number of carboxylic acids is 1. The molecule has 3 aliphatic carbocycles. The van der Waals surface area contributed by atoms with Gasteiger partial charge >= 0.3 is 5.97 Å². The molecule has 2 fully saturated rings. The number of aromatic carboxylic acids is 1. The molecule has 5 atom stereocenters. The van der Waals surface area contributed by atoms with Crippen LogP contribution in [-0.4, -0.2) is 29.4 Å². The van der Waals surface area contributed by atoms with Crippen molar-refractivity contribution in [3.05, 3.63) is 28.8 Å². The van der Waals surface area contributed by atoms with Crippen LogP contribution in [0.3, 0.4) is 0 Å². The van der Waals surface area contributed by atoms with E-state index in [1.54, 1.807) is 7.11 Å². The lowest BCUT2D eigenvalue weighted by atomic mass is 9.55. The first-order valence-corrected chi connectivity index (χ1v) is 9.08. The smallest absolute Gasteiger partial charge is 0.339 e. The maximum absolute atomic E-state index is 11.5. The van der Waals surface area contributed by atoms with Crippen molar-refractivity contribution in [2.24, 2.45) is 17.3 Å². The zero-order valence-corrected chi connectivity index (χ0v) is 14.4. The summed E-state index contributed by atoms with van der Waals surface area (Å²) in [5.74, 6) is 1.22. The van der Waals surface area contributed by atoms with E-state index in [9.17, 15) is 15.0 Å². The third-order valence-corrected chi connectivity index (χ3v) is 7.23. The Morgan fingerprint density at radius 1 is 1.25 bits per heavy atom. The number of carbonyl (C=O) groups is 1. The predicted molar refractivity (Wildman–Crippen MR) is 90.6 cm³/mol. The van der Waals surface area contributed by atoms with Crippen molar-refractivity contribution in [2.75, 3.05) is 7.11 Å². The van der Waals surface area contributed by atoms with Gasteiger partial charge in [0.25, 0.3) is 0 Å². The van der Waals surface area contributed by atoms with Crippen LogP contribution in [0.5, 0.6) is 5.75 Å². The number of ether oxygens (including phenoxy) is 1. The molecule has 0 aromatic heterocycles. The number of fused-ring (bicyclic) bond motifs is 5. The zero-order valence-electron chi connectivity index (χ0n) is 14.4. The molecule has 4 heteroatoms. The highest BCUT2D eigenvalue weighted by Crippen LogP contribution is 2.61. The number of hydrogen-bond donors (Lipinski definition) is 2. The van der Waals surface area contributed by atoms with Crippen LogP contribution in [0.15, 0.2) is 12.1 Å². The van der Waals surface area contributed by atoms with Gasteiger partial charge in [0.2, 0.25) is 0 Å². The summed E-state index contributed by atoms with van der Waals surface area (Å²) in [6.45, 7) is 2.27. The fraction of sp³-hybridized carbons (Fsp3) is 0.650. The van der Waals surface area contributed by atoms with Gasteiger partial charge in [0.1, 0.15) is 11.3 Å². The summed E-state index contributed by atoms with van der Waals surface area (Å²) in [6, 6.07) is 3.80. The molecule has 0 aliphatic heterocycles. The Labute approximate surface area is 142 Å². The molecule has 2 saturated carbocycles. The van der Waals surface area contributed by atoms with Crippen LogP contribution >= 0.6 is 0 Å². The lowest BCUT2D eigenvalue weighted by Gasteiger charge is -2.50. The Balaban J connectivity index is 1.74. The molecule has 4 nitrogen and oxygen atoms in total. The lowest BCUT2D eigenvalue weighted by Crippen LogP contribution is -2.43. The summed E-state index contributed by atoms with van der Waals surface area (Å²) in [5.41, 5.74) is 2.81. The Morgan fingerprint density at radius 3 is 2.75 bits per heavy atom. The van der Waals surface area contributed by atoms with Gasteiger partial charge in [-0.2, -0.15) is 0 Å². The number of aliphatic hydroxyl groups is 1. The normalized spacial score (nSPS) is 37.3. The Hall–Kier alpha value is -1.55. The molecule has 0 amide bonds. The van der Waals surface area contributed by atoms with Crippen LogP contribution in [-0.2, 0) is 6.42 Å². The van der Waals surface area contributed by atoms with E-state index in [2.05, 4.69) is 6.92 Å². The molecule has 0 spiro atoms. The second-order valence-corrected chi connectivity index (χ2v) is 8.11. The quantitative estimate of drug-likeness (QED) is 0.869. The van der Waals surface area contributed by atoms with Gasteiger partial charge in [-0.1, -0.05) is 6.92 Å². The lowest BCUT2D eigenvalue weighted by molar-refractivity contribution is -0.0226. The van der Waals surface area contributed by atoms with E-state index in [1.807, 2.05) is 12.1 Å². The number of benzene rings is 1. The SMILES string of the molecule is COc1cc2c(cc1C(=O)O)CC[C@@H]1[C@@H]2CC[C@]2(C)[C@@H](O)CC[C@@H]12. The van der Waals surface area contributed by atoms with Crippen LogP contribution in [0.2, 0.25) is 0 Å². The third-order valence-electron chi connectivity index (χ3n) is 7.23. The van der Waals surface area contributed by atoms with Gasteiger partial charge in [-0.05, 0) is 85.0 Å². The molecule has 130 valence electrons. The van der Waals surface area contributed by atoms with E-state index in [-0.39, 0.29) is 17.1 Å². The van der Waals surface area contributed by atoms with E-state index < -0.39 is 5.97 Å². The largest absolute Gasteiger partial charge is 0.496 e. The monoisotopic (exact) mass is 330 g/mol. The number of methoxy groups -OCH3 is 1. The second-order valence-electron chi connectivity index (χ2n) is 8.11. The minimum Gasteiger partial charge on any atom is -0.496 e. The fourth-order valence-corrected chi connectivity index (χ4v) is 5.91. The van der Waals surface area contributed by atoms with E-state index in [4.69, 9.17) is 4.74 Å². The topological polar surface area (TPSA) is 66.8 Å². The Morgan fingerprint density at radius 2 is 2.04 bits per heavy atom. The van der Waals surface area contributed by atoms with Crippen molar-refractivity contribution in [2.45, 2.75) is 57.5 Å². The van der Waals surface area contributed by atoms with Gasteiger partial charge in [-0.25, -0.2) is 4.79 Å². The summed E-state index contributed by atoms with van der Waals surface area (Å²) in [7, 11) is 1.54. The minimum absolute atomic E-state index is 0.0732. The molecule has 24 heavy (non-hydrogen) atoms. The standard InChI is InChI=1S/C20H26O4/c1-20-8-7-12-13(16(20)5-6-18(20)21)4-3-11-9-15(19(22)23)17(24-2)10-14(11)12/h9-10,12-13,16,18,21H,3-8H2,1-2H3,(H,22,23)/t12-,13+,16-,18-,20-/m0/s1. The Kier molecular flexibility index (Phi) is 3.64. The number of aliphatic hydroxyl groups excluding tert-OH is 1. The summed E-state index contributed by atoms with van der Waals surface area (Å²) in [4.78, 5) is 11.5. The average molecular weight is 330 g/mol. The third kappa shape index (κ3) is 2.12. The fourth-order valence-electron chi connectivity index (χ4n) is 5.91. The van der Waals surface area contributed by atoms with E-state index >= 15 is 0 Å². The first-order chi connectivity index (χ1) is 11.5. The van der Waals surface area contributed by atoms with Crippen LogP contribution < -0.4 is 4.74 Å². The van der Waals surface area contributed by atoms with Crippen molar-refractivity contribution < 1.29 is 19.7 Å². The van der Waals surface area contributed by atoms with Crippen LogP contribution in [0.4, 0.5) is 0 Å². The predicted octanol–water partition coefficient (Wildman–Crippen LogP) is 3.61. The molecule has 0 unspecified atom stereocenters. The summed E-state index contributed by atoms with van der Waals surface area (Å²) in [6.07, 6.45) is 6.07. The minimum atomic E-state index is -0.924. The average Bonchev–Trinajstić information content (AvgIpc) is 2.88. The highest BCUT2D eigenvalue weighted by atomic mass is 16.5. The molecule has 0 heterocycles. The molecule has 2 N–H and O–H groups in total. The molecule has 0 bridgehead atoms. The van der Waals surface area contributed by atoms with Gasteiger partial charge in [0.15, 0.2) is 0 Å². The van der Waals surface area contributed by atoms with Crippen molar-refractivity contribution in [3.63, 3.8) is 0 Å². The van der Waals surface area contributed by atoms with Gasteiger partial charge < -0.3 is 14.9 Å². The van der Waals surface area contributed by atoms with Gasteiger partial charge in [-0.15, -0.1) is 0 Å². The second kappa shape index (κ2) is 5.48. The van der Waals surface area contributed by atoms with Gasteiger partial charge in [-0.3, -0.25) is 0 Å². The summed E-state index contributed by atoms with van der Waals surface area (Å²) in [5, 5.41) is 19.9. The first-order valence-electron chi connectivity index (χ1n) is 9.08. The summed E-state index contributed by atoms with van der Waals surface area (Å²) < 4.78 is 5.36. The highest BCUT2D eigenvalue weighted by molar-refractivity contribution is 5.91. The number of hydrogen-bond acceptors (Lipinski definition) is 3. The number of rotatable bonds is 2. The van der Waals surface area contributed by atoms with Crippen molar-refractivity contribution in [3.8, 4) is 5.75 Å².